The van der Waals surface area contributed by atoms with Crippen LogP contribution in [0.15, 0.2) is 6.07 Å². The van der Waals surface area contributed by atoms with Gasteiger partial charge in [-0.15, -0.1) is 13.2 Å². The lowest BCUT2D eigenvalue weighted by Gasteiger charge is -2.08. The molecule has 0 aliphatic rings. The third-order valence-corrected chi connectivity index (χ3v) is 1.71. The maximum atomic E-state index is 11.9. The highest BCUT2D eigenvalue weighted by atomic mass is 19.4. The second-order valence-corrected chi connectivity index (χ2v) is 2.87. The average molecular weight is 252 g/mol. The number of rotatable bonds is 3. The summed E-state index contributed by atoms with van der Waals surface area (Å²) < 4.78 is 39.2. The van der Waals surface area contributed by atoms with Crippen molar-refractivity contribution in [1.82, 2.24) is 4.98 Å². The Balaban J connectivity index is 3.25. The lowest BCUT2D eigenvalue weighted by atomic mass is 10.2. The van der Waals surface area contributed by atoms with Gasteiger partial charge in [-0.25, -0.2) is 0 Å². The molecule has 10 heteroatoms. The molecule has 0 saturated carbocycles. The van der Waals surface area contributed by atoms with Gasteiger partial charge in [-0.05, 0) is 4.92 Å². The summed E-state index contributed by atoms with van der Waals surface area (Å²) in [6.45, 7) is -0.274. The molecule has 1 aromatic heterocycles. The third-order valence-electron chi connectivity index (χ3n) is 1.71. The Bertz CT molecular complexity index is 449. The number of alkyl halides is 3. The number of nitrogens with zero attached hydrogens (tertiary/aromatic N) is 2. The van der Waals surface area contributed by atoms with E-state index in [0.717, 1.165) is 6.07 Å². The molecule has 0 amide bonds. The van der Waals surface area contributed by atoms with Crippen molar-refractivity contribution in [1.29, 1.82) is 0 Å². The van der Waals surface area contributed by atoms with Gasteiger partial charge in [0, 0.05) is 23.2 Å². The highest BCUT2D eigenvalue weighted by molar-refractivity contribution is 5.60. The number of halogens is 3. The Hall–Kier alpha value is -2.10. The van der Waals surface area contributed by atoms with Crippen LogP contribution in [0.4, 0.5) is 24.7 Å². The van der Waals surface area contributed by atoms with Gasteiger partial charge in [0.1, 0.15) is 5.69 Å². The molecule has 0 fully saturated rings. The predicted octanol–water partition coefficient (Wildman–Crippen LogP) is 0.929. The van der Waals surface area contributed by atoms with Crippen LogP contribution in [-0.2, 0) is 6.54 Å². The van der Waals surface area contributed by atoms with Gasteiger partial charge in [-0.3, -0.25) is 0 Å². The predicted molar refractivity (Wildman–Crippen MR) is 49.9 cm³/mol. The van der Waals surface area contributed by atoms with Gasteiger partial charge < -0.3 is 26.3 Å². The molecule has 0 spiro atoms. The van der Waals surface area contributed by atoms with E-state index in [0.29, 0.717) is 0 Å². The van der Waals surface area contributed by atoms with Gasteiger partial charge in [0.25, 0.3) is 0 Å². The quantitative estimate of drug-likeness (QED) is 0.610. The zero-order valence-corrected chi connectivity index (χ0v) is 8.19. The van der Waals surface area contributed by atoms with E-state index in [2.05, 4.69) is 9.72 Å². The summed E-state index contributed by atoms with van der Waals surface area (Å²) in [6, 6.07) is 0.801. The van der Waals surface area contributed by atoms with Crippen molar-refractivity contribution < 1.29 is 22.8 Å². The van der Waals surface area contributed by atoms with Gasteiger partial charge in [0.05, 0.1) is 0 Å². The van der Waals surface area contributed by atoms with Crippen LogP contribution in [0.1, 0.15) is 5.56 Å². The fraction of sp³-hybridized carbons (Fsp3) is 0.286. The molecule has 0 unspecified atom stereocenters. The van der Waals surface area contributed by atoms with Crippen LogP contribution >= 0.6 is 0 Å². The van der Waals surface area contributed by atoms with E-state index in [-0.39, 0.29) is 17.8 Å². The zero-order valence-electron chi connectivity index (χ0n) is 8.19. The van der Waals surface area contributed by atoms with Gasteiger partial charge in [0.15, 0.2) is 0 Å². The van der Waals surface area contributed by atoms with Crippen molar-refractivity contribution in [2.75, 3.05) is 5.73 Å². The number of hydrogen-bond acceptors (Lipinski definition) is 6. The van der Waals surface area contributed by atoms with E-state index >= 15 is 0 Å². The molecular weight excluding hydrogens is 245 g/mol. The number of nitrogen functional groups attached to an aromatic ring is 1. The van der Waals surface area contributed by atoms with Crippen molar-refractivity contribution in [3.8, 4) is 5.88 Å². The van der Waals surface area contributed by atoms with E-state index < -0.39 is 23.0 Å². The standard InChI is InChI=1S/C7H7F3N4O3/c8-7(9,10)17-4-1-3(2-11)5(12)6(13-4)14(15)16/h1H,2,11-12H2. The first kappa shape index (κ1) is 13.0. The Morgan fingerprint density at radius 1 is 1.53 bits per heavy atom. The maximum Gasteiger partial charge on any atom is 0.575 e. The third kappa shape index (κ3) is 3.17. The monoisotopic (exact) mass is 252 g/mol. The lowest BCUT2D eigenvalue weighted by molar-refractivity contribution is -0.389. The molecule has 1 heterocycles. The second-order valence-electron chi connectivity index (χ2n) is 2.87. The number of pyridine rings is 1. The van der Waals surface area contributed by atoms with Gasteiger partial charge in [0.2, 0.25) is 0 Å². The zero-order chi connectivity index (χ0) is 13.2. The summed E-state index contributed by atoms with van der Waals surface area (Å²) in [4.78, 5) is 12.5. The van der Waals surface area contributed by atoms with Crippen molar-refractivity contribution in [3.05, 3.63) is 21.7 Å². The van der Waals surface area contributed by atoms with Crippen molar-refractivity contribution >= 4 is 11.5 Å². The number of aromatic nitrogens is 1. The second kappa shape index (κ2) is 4.41. The number of ether oxygens (including phenoxy) is 1. The Kier molecular flexibility index (Phi) is 3.36. The van der Waals surface area contributed by atoms with Crippen LogP contribution in [0.3, 0.4) is 0 Å². The minimum absolute atomic E-state index is 0.0500. The van der Waals surface area contributed by atoms with Crippen molar-refractivity contribution in [2.24, 2.45) is 5.73 Å². The fourth-order valence-electron chi connectivity index (χ4n) is 1.05. The van der Waals surface area contributed by atoms with E-state index in [1.54, 1.807) is 0 Å². The maximum absolute atomic E-state index is 11.9. The summed E-state index contributed by atoms with van der Waals surface area (Å²) in [5, 5.41) is 10.5. The molecular formula is C7H7F3N4O3. The first-order valence-electron chi connectivity index (χ1n) is 4.14. The number of hydrogen-bond donors (Lipinski definition) is 2. The molecule has 0 saturated heterocycles. The molecule has 94 valence electrons. The van der Waals surface area contributed by atoms with Gasteiger partial charge in [-0.2, -0.15) is 0 Å². The molecule has 0 atom stereocenters. The molecule has 4 N–H and O–H groups in total. The fourth-order valence-corrected chi connectivity index (χ4v) is 1.05. The first-order valence-corrected chi connectivity index (χ1v) is 4.14. The molecule has 0 radical (unpaired) electrons. The van der Waals surface area contributed by atoms with Crippen molar-refractivity contribution in [2.45, 2.75) is 12.9 Å². The SMILES string of the molecule is NCc1cc(OC(F)(F)F)nc([N+](=O)[O-])c1N. The Morgan fingerprint density at radius 3 is 2.53 bits per heavy atom. The molecule has 0 aromatic carbocycles. The molecule has 0 aliphatic heterocycles. The number of anilines is 1. The normalized spacial score (nSPS) is 11.3. The molecule has 1 rings (SSSR count). The highest BCUT2D eigenvalue weighted by Crippen LogP contribution is 2.29. The van der Waals surface area contributed by atoms with Crippen LogP contribution in [-0.4, -0.2) is 16.3 Å². The highest BCUT2D eigenvalue weighted by Gasteiger charge is 2.35. The largest absolute Gasteiger partial charge is 0.575 e. The average Bonchev–Trinajstić information content (AvgIpc) is 2.17. The van der Waals surface area contributed by atoms with Crippen molar-refractivity contribution in [3.63, 3.8) is 0 Å². The minimum Gasteiger partial charge on any atom is -0.392 e. The summed E-state index contributed by atoms with van der Waals surface area (Å²) >= 11 is 0. The summed E-state index contributed by atoms with van der Waals surface area (Å²) in [6.07, 6.45) is -5.00. The first-order chi connectivity index (χ1) is 7.74. The van der Waals surface area contributed by atoms with E-state index in [9.17, 15) is 23.3 Å². The van der Waals surface area contributed by atoms with Crippen LogP contribution in [0.5, 0.6) is 5.88 Å². The Labute approximate surface area is 92.3 Å². The van der Waals surface area contributed by atoms with Crippen LogP contribution in [0, 0.1) is 10.1 Å². The Morgan fingerprint density at radius 2 is 2.12 bits per heavy atom. The minimum atomic E-state index is -5.00. The summed E-state index contributed by atoms with van der Waals surface area (Å²) in [7, 11) is 0. The van der Waals surface area contributed by atoms with Crippen LogP contribution < -0.4 is 16.2 Å². The topological polar surface area (TPSA) is 117 Å². The smallest absolute Gasteiger partial charge is 0.392 e. The molecule has 1 aromatic rings. The van der Waals surface area contributed by atoms with Crippen LogP contribution in [0.2, 0.25) is 0 Å². The van der Waals surface area contributed by atoms with Crippen LogP contribution in [0.25, 0.3) is 0 Å². The number of nitro groups is 1. The van der Waals surface area contributed by atoms with E-state index in [1.807, 2.05) is 0 Å². The van der Waals surface area contributed by atoms with E-state index in [4.69, 9.17) is 11.5 Å². The lowest BCUT2D eigenvalue weighted by Crippen LogP contribution is -2.19. The van der Waals surface area contributed by atoms with Gasteiger partial charge >= 0.3 is 18.1 Å². The summed E-state index contributed by atoms with van der Waals surface area (Å²) in [5.41, 5.74) is 10.1. The molecule has 7 nitrogen and oxygen atoms in total. The molecule has 0 bridgehead atoms. The van der Waals surface area contributed by atoms with E-state index in [1.165, 1.54) is 0 Å². The summed E-state index contributed by atoms with van der Waals surface area (Å²) in [5.74, 6) is -1.90. The molecule has 0 aliphatic carbocycles. The molecule has 17 heavy (non-hydrogen) atoms. The van der Waals surface area contributed by atoms with Gasteiger partial charge in [-0.1, -0.05) is 0 Å². The number of nitrogens with two attached hydrogens (primary N) is 2.